The Bertz CT molecular complexity index is 1090. The summed E-state index contributed by atoms with van der Waals surface area (Å²) in [6.45, 7) is 11.8. The van der Waals surface area contributed by atoms with Crippen molar-refractivity contribution in [3.8, 4) is 0 Å². The number of rotatable bonds is 5. The summed E-state index contributed by atoms with van der Waals surface area (Å²) in [6, 6.07) is 26.9. The third-order valence-electron chi connectivity index (χ3n) is 5.58. The molecule has 34 heavy (non-hydrogen) atoms. The maximum absolute atomic E-state index is 5.52. The van der Waals surface area contributed by atoms with Gasteiger partial charge in [0.15, 0.2) is 0 Å². The van der Waals surface area contributed by atoms with Crippen molar-refractivity contribution in [1.29, 1.82) is 0 Å². The molecule has 1 aliphatic carbocycles. The monoisotopic (exact) mass is 499 g/mol. The summed E-state index contributed by atoms with van der Waals surface area (Å²) in [5, 5.41) is 3.91. The fourth-order valence-corrected chi connectivity index (χ4v) is 7.26. The smallest absolute Gasteiger partial charge is 0.0608 e. The molecule has 3 aromatic rings. The first-order chi connectivity index (χ1) is 16.0. The van der Waals surface area contributed by atoms with E-state index in [4.69, 9.17) is 4.74 Å². The van der Waals surface area contributed by atoms with Crippen LogP contribution in [0, 0.1) is 20.8 Å². The van der Waals surface area contributed by atoms with E-state index in [0.717, 1.165) is 12.1 Å². The summed E-state index contributed by atoms with van der Waals surface area (Å²) >= 11 is 0. The summed E-state index contributed by atoms with van der Waals surface area (Å²) in [6.07, 6.45) is 12.9. The Morgan fingerprint density at radius 2 is 1.15 bits per heavy atom. The van der Waals surface area contributed by atoms with E-state index >= 15 is 0 Å². The number of nitrogens with zero attached hydrogens (tertiary/aromatic N) is 1. The van der Waals surface area contributed by atoms with Crippen molar-refractivity contribution in [3.05, 3.63) is 138 Å². The molecular weight excluding hydrogens is 465 g/mol. The number of hydrogen-bond donors (Lipinski definition) is 0. The molecule has 0 heterocycles. The molecule has 0 amide bonds. The van der Waals surface area contributed by atoms with Crippen molar-refractivity contribution in [2.24, 2.45) is 4.74 Å². The fourth-order valence-electron chi connectivity index (χ4n) is 3.74. The Morgan fingerprint density at radius 3 is 1.41 bits per heavy atom. The van der Waals surface area contributed by atoms with E-state index in [0.29, 0.717) is 0 Å². The van der Waals surface area contributed by atoms with Crippen molar-refractivity contribution >= 4 is 23.0 Å². The van der Waals surface area contributed by atoms with Crippen molar-refractivity contribution in [3.63, 3.8) is 0 Å². The normalized spacial score (nSPS) is 12.4. The Hall–Kier alpha value is -2.44. The molecule has 0 aromatic heterocycles. The van der Waals surface area contributed by atoms with Gasteiger partial charge in [0, 0.05) is 49.7 Å². The van der Waals surface area contributed by atoms with Crippen LogP contribution in [0.25, 0.3) is 0 Å². The second-order valence-electron chi connectivity index (χ2n) is 8.29. The van der Waals surface area contributed by atoms with Gasteiger partial charge in [-0.25, -0.2) is 0 Å². The van der Waals surface area contributed by atoms with Crippen LogP contribution < -0.4 is 15.9 Å². The maximum atomic E-state index is 5.52. The quantitative estimate of drug-likeness (QED) is 0.194. The molecule has 172 valence electrons. The van der Waals surface area contributed by atoms with Crippen LogP contribution in [0.2, 0.25) is 0 Å². The summed E-state index contributed by atoms with van der Waals surface area (Å²) in [5.41, 5.74) is 4.99. The molecule has 0 unspecified atom stereocenters. The van der Waals surface area contributed by atoms with Crippen LogP contribution in [0.4, 0.5) is 0 Å². The Morgan fingerprint density at radius 1 is 0.735 bits per heavy atom. The molecule has 0 bridgehead atoms. The third kappa shape index (κ3) is 6.80. The van der Waals surface area contributed by atoms with E-state index in [1.165, 1.54) is 32.6 Å². The van der Waals surface area contributed by atoms with Gasteiger partial charge in [-0.2, -0.15) is 0 Å². The minimum atomic E-state index is -2.15. The van der Waals surface area contributed by atoms with Crippen molar-refractivity contribution in [2.45, 2.75) is 34.1 Å². The zero-order valence-corrected chi connectivity index (χ0v) is 23.2. The third-order valence-corrected chi connectivity index (χ3v) is 9.27. The topological polar surface area (TPSA) is 12.4 Å². The number of allylic oxidation sites excluding steroid dienone is 6. The summed E-state index contributed by atoms with van der Waals surface area (Å²) in [7, 11) is -2.15. The molecule has 0 radical (unpaired) electrons. The van der Waals surface area contributed by atoms with Crippen LogP contribution in [0.1, 0.15) is 30.0 Å². The van der Waals surface area contributed by atoms with Crippen molar-refractivity contribution in [1.82, 2.24) is 0 Å². The van der Waals surface area contributed by atoms with Gasteiger partial charge in [0.1, 0.15) is 0 Å². The molecule has 0 N–H and O–H groups in total. The van der Waals surface area contributed by atoms with Gasteiger partial charge in [-0.15, -0.1) is 0 Å². The molecule has 1 nitrogen and oxygen atoms in total. The van der Waals surface area contributed by atoms with E-state index in [2.05, 4.69) is 118 Å². The molecule has 0 aliphatic heterocycles. The van der Waals surface area contributed by atoms with Crippen LogP contribution in [0.15, 0.2) is 126 Å². The van der Waals surface area contributed by atoms with Gasteiger partial charge < -0.3 is 0 Å². The van der Waals surface area contributed by atoms with Crippen molar-refractivity contribution in [2.75, 3.05) is 0 Å². The Labute approximate surface area is 221 Å². The van der Waals surface area contributed by atoms with Gasteiger partial charge in [-0.3, -0.25) is 4.74 Å². The molecule has 3 heteroatoms. The number of hydrogen-bond acceptors (Lipinski definition) is 1. The minimum Gasteiger partial charge on any atom is -0.258 e. The molecule has 0 saturated heterocycles. The molecule has 0 saturated carbocycles. The minimum absolute atomic E-state index is 0. The van der Waals surface area contributed by atoms with Crippen LogP contribution in [-0.4, -0.2) is 0 Å². The molecule has 0 spiro atoms. The van der Waals surface area contributed by atoms with Crippen LogP contribution in [0.3, 0.4) is 0 Å². The van der Waals surface area contributed by atoms with Gasteiger partial charge in [-0.05, 0) is 33.8 Å². The van der Waals surface area contributed by atoms with Gasteiger partial charge >= 0.3 is 0 Å². The van der Waals surface area contributed by atoms with Crippen LogP contribution in [0.5, 0.6) is 0 Å². The second kappa shape index (κ2) is 13.5. The fraction of sp³-hybridized carbons (Fsp3) is 0.161. The molecule has 1 aliphatic rings. The molecule has 3 aromatic carbocycles. The predicted molar refractivity (Wildman–Crippen MR) is 149 cm³/mol. The predicted octanol–water partition coefficient (Wildman–Crippen LogP) is 7.68. The maximum Gasteiger partial charge on any atom is 0.0608 e. The van der Waals surface area contributed by atoms with Gasteiger partial charge in [0.2, 0.25) is 0 Å². The first-order valence-corrected chi connectivity index (χ1v) is 13.2. The SMILES string of the molecule is C=CC=CC.Cc1ccc(P(=NC2=CC=CC2)(c2ccc(C)cc2)c2ccc(C)cc2)cc1.[Ti]. The summed E-state index contributed by atoms with van der Waals surface area (Å²) in [5.74, 6) is 0. The summed E-state index contributed by atoms with van der Waals surface area (Å²) in [4.78, 5) is 0. The van der Waals surface area contributed by atoms with Gasteiger partial charge in [0.25, 0.3) is 0 Å². The van der Waals surface area contributed by atoms with Crippen LogP contribution in [-0.2, 0) is 21.7 Å². The van der Waals surface area contributed by atoms with Crippen molar-refractivity contribution < 1.29 is 21.7 Å². The first kappa shape index (κ1) is 27.8. The Balaban J connectivity index is 0.000000619. The molecule has 0 atom stereocenters. The molecular formula is C31H34NPTi. The average Bonchev–Trinajstić information content (AvgIpc) is 3.33. The number of aryl methyl sites for hydroxylation is 3. The van der Waals surface area contributed by atoms with Crippen LogP contribution >= 0.6 is 7.05 Å². The largest absolute Gasteiger partial charge is 0.258 e. The van der Waals surface area contributed by atoms with Gasteiger partial charge in [-0.1, -0.05) is 126 Å². The van der Waals surface area contributed by atoms with E-state index < -0.39 is 7.05 Å². The molecule has 4 rings (SSSR count). The van der Waals surface area contributed by atoms with E-state index in [1.54, 1.807) is 6.08 Å². The second-order valence-corrected chi connectivity index (χ2v) is 11.3. The van der Waals surface area contributed by atoms with Gasteiger partial charge in [0.05, 0.1) is 7.05 Å². The Kier molecular flexibility index (Phi) is 11.0. The van der Waals surface area contributed by atoms with E-state index in [9.17, 15) is 0 Å². The zero-order chi connectivity index (χ0) is 23.7. The standard InChI is InChI=1S/C26H26NP.C5H8.Ti/c1-20-8-14-24(15-9-20)28(27-23-6-4-5-7-23,25-16-10-21(2)11-17-25)26-18-12-22(3)13-19-26;1-3-5-4-2;/h4-6,8-19H,7H2,1-3H3;3-5H,1H2,2H3;. The van der Waals surface area contributed by atoms with E-state index in [-0.39, 0.29) is 21.7 Å². The summed E-state index contributed by atoms with van der Waals surface area (Å²) < 4.78 is 5.52. The average molecular weight is 499 g/mol. The zero-order valence-electron chi connectivity index (χ0n) is 20.7. The van der Waals surface area contributed by atoms with E-state index in [1.807, 2.05) is 19.1 Å². The number of benzene rings is 3. The molecule has 0 fully saturated rings. The first-order valence-electron chi connectivity index (χ1n) is 11.4.